The van der Waals surface area contributed by atoms with Gasteiger partial charge in [-0.15, -0.1) is 0 Å². The molecule has 0 amide bonds. The fourth-order valence-corrected chi connectivity index (χ4v) is 6.86. The summed E-state index contributed by atoms with van der Waals surface area (Å²) >= 11 is 1.26. The second kappa shape index (κ2) is 14.1. The molecule has 5 aromatic rings. The molecule has 10 nitrogen and oxygen atoms in total. The number of methoxy groups -OCH3 is 1. The first-order valence-electron chi connectivity index (χ1n) is 15.6. The van der Waals surface area contributed by atoms with Crippen molar-refractivity contribution in [3.63, 3.8) is 0 Å². The highest BCUT2D eigenvalue weighted by atomic mass is 32.1. The Morgan fingerprint density at radius 1 is 0.958 bits per heavy atom. The number of benzene rings is 3. The Labute approximate surface area is 280 Å². The molecule has 0 aliphatic carbocycles. The summed E-state index contributed by atoms with van der Waals surface area (Å²) in [4.78, 5) is 44.7. The van der Waals surface area contributed by atoms with E-state index >= 15 is 0 Å². The van der Waals surface area contributed by atoms with Crippen molar-refractivity contribution in [2.24, 2.45) is 4.99 Å². The van der Waals surface area contributed by atoms with Gasteiger partial charge in [0.2, 0.25) is 0 Å². The topological polar surface area (TPSA) is 110 Å². The molecule has 0 radical (unpaired) electrons. The summed E-state index contributed by atoms with van der Waals surface area (Å²) in [6.07, 6.45) is 3.95. The van der Waals surface area contributed by atoms with Crippen molar-refractivity contribution >= 4 is 40.3 Å². The van der Waals surface area contributed by atoms with E-state index in [0.29, 0.717) is 45.2 Å². The third-order valence-electron chi connectivity index (χ3n) is 7.98. The van der Waals surface area contributed by atoms with Crippen LogP contribution in [0.3, 0.4) is 0 Å². The van der Waals surface area contributed by atoms with Crippen LogP contribution in [-0.4, -0.2) is 48.0 Å². The quantitative estimate of drug-likeness (QED) is 0.187. The smallest absolute Gasteiger partial charge is 0.343 e. The lowest BCUT2D eigenvalue weighted by atomic mass is 9.95. The molecule has 0 N–H and O–H groups in total. The van der Waals surface area contributed by atoms with Gasteiger partial charge in [0, 0.05) is 29.2 Å². The number of fused-ring (bicyclic) bond motifs is 2. The zero-order chi connectivity index (χ0) is 33.8. The Bertz CT molecular complexity index is 2210. The number of hydrogen-bond acceptors (Lipinski definition) is 9. The highest BCUT2D eigenvalue weighted by Crippen LogP contribution is 2.36. The fraction of sp³-hybridized carbons (Fsp3) is 0.243. The highest BCUT2D eigenvalue weighted by molar-refractivity contribution is 7.07. The SMILES string of the molecule is CCOC(=O)C1=C(C)N=c2s/c(=C/c3cn(Cc4ccccc4)c4ccccc34)c(=O)n2[C@@H]1c1ccc(OCC(=O)OC)c(OCC)c1. The number of hydrogen-bond donors (Lipinski definition) is 0. The monoisotopic (exact) mass is 665 g/mol. The fourth-order valence-electron chi connectivity index (χ4n) is 5.83. The number of carbonyl (C=O) groups is 2. The van der Waals surface area contributed by atoms with Gasteiger partial charge < -0.3 is 23.5 Å². The number of thiazole rings is 1. The predicted molar refractivity (Wildman–Crippen MR) is 183 cm³/mol. The Morgan fingerprint density at radius 2 is 1.73 bits per heavy atom. The van der Waals surface area contributed by atoms with Crippen molar-refractivity contribution in [1.82, 2.24) is 9.13 Å². The van der Waals surface area contributed by atoms with E-state index in [1.54, 1.807) is 36.6 Å². The number of aromatic nitrogens is 2. The van der Waals surface area contributed by atoms with E-state index in [-0.39, 0.29) is 24.3 Å². The molecular weight excluding hydrogens is 630 g/mol. The summed E-state index contributed by atoms with van der Waals surface area (Å²) in [7, 11) is 1.28. The molecule has 2 aromatic heterocycles. The molecule has 11 heteroatoms. The van der Waals surface area contributed by atoms with Crippen LogP contribution in [-0.2, 0) is 25.6 Å². The van der Waals surface area contributed by atoms with Crippen LogP contribution in [0.2, 0.25) is 0 Å². The van der Waals surface area contributed by atoms with Gasteiger partial charge in [-0.2, -0.15) is 0 Å². The van der Waals surface area contributed by atoms with Gasteiger partial charge in [-0.1, -0.05) is 65.9 Å². The first-order chi connectivity index (χ1) is 23.3. The summed E-state index contributed by atoms with van der Waals surface area (Å²) < 4.78 is 25.9. The Hall–Kier alpha value is -5.42. The van der Waals surface area contributed by atoms with Gasteiger partial charge in [0.25, 0.3) is 5.56 Å². The maximum Gasteiger partial charge on any atom is 0.343 e. The van der Waals surface area contributed by atoms with E-state index < -0.39 is 18.0 Å². The molecule has 0 fully saturated rings. The predicted octanol–water partition coefficient (Wildman–Crippen LogP) is 4.75. The Kier molecular flexibility index (Phi) is 9.58. The summed E-state index contributed by atoms with van der Waals surface area (Å²) in [6.45, 7) is 6.14. The molecule has 1 atom stereocenters. The molecule has 0 spiro atoms. The van der Waals surface area contributed by atoms with E-state index in [4.69, 9.17) is 23.9 Å². The zero-order valence-corrected chi connectivity index (χ0v) is 27.9. The number of esters is 2. The summed E-state index contributed by atoms with van der Waals surface area (Å²) in [6, 6.07) is 22.6. The highest BCUT2D eigenvalue weighted by Gasteiger charge is 2.34. The minimum atomic E-state index is -0.851. The maximum absolute atomic E-state index is 14.3. The number of para-hydroxylation sites is 1. The van der Waals surface area contributed by atoms with Crippen LogP contribution < -0.4 is 24.4 Å². The minimum absolute atomic E-state index is 0.157. The van der Waals surface area contributed by atoms with Gasteiger partial charge in [-0.3, -0.25) is 9.36 Å². The number of nitrogens with zero attached hydrogens (tertiary/aromatic N) is 3. The average Bonchev–Trinajstić information content (AvgIpc) is 3.59. The Morgan fingerprint density at radius 3 is 2.48 bits per heavy atom. The van der Waals surface area contributed by atoms with E-state index in [2.05, 4.69) is 29.0 Å². The van der Waals surface area contributed by atoms with E-state index in [1.165, 1.54) is 24.0 Å². The Balaban J connectivity index is 1.49. The van der Waals surface area contributed by atoms with Crippen LogP contribution in [0.4, 0.5) is 0 Å². The first-order valence-corrected chi connectivity index (χ1v) is 16.4. The van der Waals surface area contributed by atoms with Gasteiger partial charge in [-0.05, 0) is 56.2 Å². The molecule has 246 valence electrons. The average molecular weight is 666 g/mol. The molecule has 0 bridgehead atoms. The number of carbonyl (C=O) groups excluding carboxylic acids is 2. The minimum Gasteiger partial charge on any atom is -0.490 e. The van der Waals surface area contributed by atoms with Crippen molar-refractivity contribution < 1.29 is 28.5 Å². The molecule has 3 heterocycles. The van der Waals surface area contributed by atoms with Gasteiger partial charge >= 0.3 is 11.9 Å². The lowest BCUT2D eigenvalue weighted by Crippen LogP contribution is -2.40. The molecule has 0 saturated heterocycles. The lowest BCUT2D eigenvalue weighted by Gasteiger charge is -2.25. The molecule has 1 aliphatic heterocycles. The van der Waals surface area contributed by atoms with Crippen LogP contribution in [0, 0.1) is 0 Å². The largest absolute Gasteiger partial charge is 0.490 e. The lowest BCUT2D eigenvalue weighted by molar-refractivity contribution is -0.143. The van der Waals surface area contributed by atoms with E-state index in [9.17, 15) is 14.4 Å². The molecular formula is C37H35N3O7S. The number of rotatable bonds is 11. The van der Waals surface area contributed by atoms with Gasteiger partial charge in [0.1, 0.15) is 0 Å². The number of allylic oxidation sites excluding steroid dienone is 1. The zero-order valence-electron chi connectivity index (χ0n) is 27.1. The van der Waals surface area contributed by atoms with Gasteiger partial charge in [0.05, 0.1) is 42.2 Å². The van der Waals surface area contributed by atoms with Crippen LogP contribution in [0.5, 0.6) is 11.5 Å². The second-order valence-corrected chi connectivity index (χ2v) is 12.0. The van der Waals surface area contributed by atoms with E-state index in [0.717, 1.165) is 16.5 Å². The van der Waals surface area contributed by atoms with Crippen LogP contribution in [0.15, 0.2) is 100 Å². The van der Waals surface area contributed by atoms with E-state index in [1.807, 2.05) is 49.4 Å². The molecule has 0 unspecified atom stereocenters. The molecule has 3 aromatic carbocycles. The van der Waals surface area contributed by atoms with Crippen molar-refractivity contribution in [3.05, 3.63) is 127 Å². The summed E-state index contributed by atoms with van der Waals surface area (Å²) in [5.41, 5.74) is 4.12. The standard InChI is InChI=1S/C37H35N3O7S/c1-5-45-30-18-25(16-17-29(30)47-22-32(41)44-4)34-33(36(43)46-6-2)23(3)38-37-40(34)35(42)31(48-37)19-26-21-39(20-24-12-8-7-9-13-24)28-15-11-10-14-27(26)28/h7-19,21,34H,5-6,20,22H2,1-4H3/b31-19+/t34-/m1/s1. The number of ether oxygens (including phenoxy) is 4. The third kappa shape index (κ3) is 6.41. The molecule has 48 heavy (non-hydrogen) atoms. The normalized spacial score (nSPS) is 14.4. The van der Waals surface area contributed by atoms with Crippen molar-refractivity contribution in [2.45, 2.75) is 33.4 Å². The molecule has 0 saturated carbocycles. The molecule has 6 rings (SSSR count). The summed E-state index contributed by atoms with van der Waals surface area (Å²) in [5, 5.41) is 1.02. The van der Waals surface area contributed by atoms with Gasteiger partial charge in [0.15, 0.2) is 22.9 Å². The maximum atomic E-state index is 14.3. The first kappa shape index (κ1) is 32.5. The second-order valence-electron chi connectivity index (χ2n) is 11.0. The van der Waals surface area contributed by atoms with Crippen molar-refractivity contribution in [1.29, 1.82) is 0 Å². The van der Waals surface area contributed by atoms with Crippen LogP contribution in [0.25, 0.3) is 17.0 Å². The third-order valence-corrected chi connectivity index (χ3v) is 8.96. The van der Waals surface area contributed by atoms with Crippen molar-refractivity contribution in [2.75, 3.05) is 26.9 Å². The summed E-state index contributed by atoms with van der Waals surface area (Å²) in [5.74, 6) is -0.431. The molecule has 1 aliphatic rings. The van der Waals surface area contributed by atoms with Crippen molar-refractivity contribution in [3.8, 4) is 11.5 Å². The van der Waals surface area contributed by atoms with Gasteiger partial charge in [-0.25, -0.2) is 14.6 Å². The van der Waals surface area contributed by atoms with Crippen LogP contribution >= 0.6 is 11.3 Å². The van der Waals surface area contributed by atoms with Crippen LogP contribution in [0.1, 0.15) is 43.5 Å².